The summed E-state index contributed by atoms with van der Waals surface area (Å²) >= 11 is 5.88. The lowest BCUT2D eigenvalue weighted by atomic mass is 10.0. The monoisotopic (exact) mass is 304 g/mol. The van der Waals surface area contributed by atoms with Gasteiger partial charge in [-0.2, -0.15) is 0 Å². The Labute approximate surface area is 128 Å². The molecule has 1 unspecified atom stereocenters. The number of nitro groups is 1. The van der Waals surface area contributed by atoms with Crippen molar-refractivity contribution in [2.24, 2.45) is 0 Å². The van der Waals surface area contributed by atoms with Crippen molar-refractivity contribution in [2.75, 3.05) is 0 Å². The molecule has 0 aliphatic rings. The zero-order valence-corrected chi connectivity index (χ0v) is 12.7. The van der Waals surface area contributed by atoms with Gasteiger partial charge in [0.1, 0.15) is 0 Å². The number of nitrogens with one attached hydrogen (secondary N) is 1. The van der Waals surface area contributed by atoms with Crippen LogP contribution in [0.25, 0.3) is 0 Å². The third-order valence-corrected chi connectivity index (χ3v) is 3.73. The van der Waals surface area contributed by atoms with Crippen molar-refractivity contribution in [1.82, 2.24) is 5.32 Å². The van der Waals surface area contributed by atoms with E-state index in [9.17, 15) is 10.1 Å². The Morgan fingerprint density at radius 2 is 1.38 bits per heavy atom. The summed E-state index contributed by atoms with van der Waals surface area (Å²) in [5.41, 5.74) is 2.27. The minimum absolute atomic E-state index is 0.0940. The molecule has 0 heterocycles. The quantitative estimate of drug-likeness (QED) is 0.645. The molecule has 2 atom stereocenters. The predicted molar refractivity (Wildman–Crippen MR) is 84.5 cm³/mol. The Hall–Kier alpha value is -1.91. The molecule has 0 aliphatic carbocycles. The second kappa shape index (κ2) is 6.70. The van der Waals surface area contributed by atoms with Crippen molar-refractivity contribution < 1.29 is 4.92 Å². The average Bonchev–Trinajstić information content (AvgIpc) is 2.47. The Kier molecular flexibility index (Phi) is 4.94. The fraction of sp³-hybridized carbons (Fsp3) is 0.250. The first-order valence-corrected chi connectivity index (χ1v) is 7.11. The normalized spacial score (nSPS) is 13.7. The van der Waals surface area contributed by atoms with Crippen LogP contribution in [0.2, 0.25) is 5.02 Å². The van der Waals surface area contributed by atoms with Gasteiger partial charge in [-0.1, -0.05) is 35.9 Å². The van der Waals surface area contributed by atoms with Gasteiger partial charge < -0.3 is 5.32 Å². The van der Waals surface area contributed by atoms with E-state index < -0.39 is 4.92 Å². The van der Waals surface area contributed by atoms with Crippen LogP contribution in [0.15, 0.2) is 48.5 Å². The first-order valence-electron chi connectivity index (χ1n) is 6.73. The van der Waals surface area contributed by atoms with Crippen molar-refractivity contribution in [3.05, 3.63) is 74.8 Å². The molecule has 0 saturated carbocycles. The van der Waals surface area contributed by atoms with Gasteiger partial charge in [-0.05, 0) is 37.1 Å². The fourth-order valence-corrected chi connectivity index (χ4v) is 2.33. The van der Waals surface area contributed by atoms with Gasteiger partial charge in [0.2, 0.25) is 0 Å². The third kappa shape index (κ3) is 4.03. The molecule has 2 aromatic carbocycles. The summed E-state index contributed by atoms with van der Waals surface area (Å²) in [7, 11) is 0. The number of nitro benzene ring substituents is 1. The molecule has 0 aliphatic heterocycles. The Balaban J connectivity index is 2.04. The summed E-state index contributed by atoms with van der Waals surface area (Å²) in [6.45, 7) is 4.11. The molecule has 0 saturated heterocycles. The van der Waals surface area contributed by atoms with Gasteiger partial charge in [0.05, 0.1) is 4.92 Å². The van der Waals surface area contributed by atoms with E-state index in [-0.39, 0.29) is 17.8 Å². The lowest BCUT2D eigenvalue weighted by molar-refractivity contribution is -0.384. The fourth-order valence-electron chi connectivity index (χ4n) is 2.20. The minimum Gasteiger partial charge on any atom is -0.304 e. The zero-order chi connectivity index (χ0) is 15.4. The van der Waals surface area contributed by atoms with E-state index in [0.29, 0.717) is 0 Å². The van der Waals surface area contributed by atoms with E-state index >= 15 is 0 Å². The predicted octanol–water partition coefficient (Wildman–Crippen LogP) is 4.66. The highest BCUT2D eigenvalue weighted by Crippen LogP contribution is 2.22. The molecular weight excluding hydrogens is 288 g/mol. The van der Waals surface area contributed by atoms with Crippen LogP contribution in [0.3, 0.4) is 0 Å². The SMILES string of the molecule is CC(N[C@@H](C)c1ccc(Cl)cc1)c1ccc([N+](=O)[O-])cc1. The lowest BCUT2D eigenvalue weighted by Crippen LogP contribution is -2.22. The Morgan fingerprint density at radius 1 is 0.952 bits per heavy atom. The van der Waals surface area contributed by atoms with E-state index in [1.54, 1.807) is 12.1 Å². The van der Waals surface area contributed by atoms with Crippen LogP contribution in [0.4, 0.5) is 5.69 Å². The molecule has 0 aromatic heterocycles. The van der Waals surface area contributed by atoms with Crippen LogP contribution in [0.5, 0.6) is 0 Å². The highest BCUT2D eigenvalue weighted by Gasteiger charge is 2.12. The molecule has 21 heavy (non-hydrogen) atoms. The van der Waals surface area contributed by atoms with Crippen molar-refractivity contribution in [3.63, 3.8) is 0 Å². The van der Waals surface area contributed by atoms with Gasteiger partial charge in [0, 0.05) is 29.2 Å². The van der Waals surface area contributed by atoms with Crippen LogP contribution < -0.4 is 5.32 Å². The number of non-ortho nitro benzene ring substituents is 1. The smallest absolute Gasteiger partial charge is 0.269 e. The number of rotatable bonds is 5. The van der Waals surface area contributed by atoms with Crippen molar-refractivity contribution >= 4 is 17.3 Å². The molecule has 2 aromatic rings. The second-order valence-corrected chi connectivity index (χ2v) is 5.45. The highest BCUT2D eigenvalue weighted by atomic mass is 35.5. The largest absolute Gasteiger partial charge is 0.304 e. The summed E-state index contributed by atoms with van der Waals surface area (Å²) in [5.74, 6) is 0. The summed E-state index contributed by atoms with van der Waals surface area (Å²) in [4.78, 5) is 10.3. The summed E-state index contributed by atoms with van der Waals surface area (Å²) in [5, 5.41) is 14.8. The molecule has 0 radical (unpaired) electrons. The number of benzene rings is 2. The average molecular weight is 305 g/mol. The topological polar surface area (TPSA) is 55.2 Å². The van der Waals surface area contributed by atoms with E-state index in [1.165, 1.54) is 12.1 Å². The number of halogens is 1. The summed E-state index contributed by atoms with van der Waals surface area (Å²) in [6.07, 6.45) is 0. The maximum Gasteiger partial charge on any atom is 0.269 e. The van der Waals surface area contributed by atoms with Crippen molar-refractivity contribution in [3.8, 4) is 0 Å². The van der Waals surface area contributed by atoms with Crippen LogP contribution in [-0.4, -0.2) is 4.92 Å². The number of hydrogen-bond donors (Lipinski definition) is 1. The molecule has 110 valence electrons. The highest BCUT2D eigenvalue weighted by molar-refractivity contribution is 6.30. The van der Waals surface area contributed by atoms with Crippen molar-refractivity contribution in [1.29, 1.82) is 0 Å². The van der Waals surface area contributed by atoms with Gasteiger partial charge in [-0.3, -0.25) is 10.1 Å². The standard InChI is InChI=1S/C16H17ClN2O2/c1-11(13-3-7-15(17)8-4-13)18-12(2)14-5-9-16(10-6-14)19(20)21/h3-12,18H,1-2H3/t11-,12?/m0/s1. The Bertz CT molecular complexity index is 611. The van der Waals surface area contributed by atoms with Crippen molar-refractivity contribution in [2.45, 2.75) is 25.9 Å². The zero-order valence-electron chi connectivity index (χ0n) is 11.9. The molecule has 0 fully saturated rings. The molecule has 2 rings (SSSR count). The van der Waals surface area contributed by atoms with E-state index in [1.807, 2.05) is 31.2 Å². The third-order valence-electron chi connectivity index (χ3n) is 3.47. The van der Waals surface area contributed by atoms with E-state index in [4.69, 9.17) is 11.6 Å². The molecule has 0 amide bonds. The van der Waals surface area contributed by atoms with Crippen LogP contribution in [0, 0.1) is 10.1 Å². The van der Waals surface area contributed by atoms with Crippen LogP contribution in [-0.2, 0) is 0 Å². The number of nitrogens with zero attached hydrogens (tertiary/aromatic N) is 1. The molecule has 0 bridgehead atoms. The van der Waals surface area contributed by atoms with Gasteiger partial charge in [0.15, 0.2) is 0 Å². The molecular formula is C16H17ClN2O2. The second-order valence-electron chi connectivity index (χ2n) is 5.01. The molecule has 4 nitrogen and oxygen atoms in total. The van der Waals surface area contributed by atoms with Crippen LogP contribution >= 0.6 is 11.6 Å². The number of hydrogen-bond acceptors (Lipinski definition) is 3. The van der Waals surface area contributed by atoms with Gasteiger partial charge in [0.25, 0.3) is 5.69 Å². The minimum atomic E-state index is -0.391. The van der Waals surface area contributed by atoms with Crippen LogP contribution in [0.1, 0.15) is 37.1 Å². The van der Waals surface area contributed by atoms with E-state index in [0.717, 1.165) is 16.1 Å². The van der Waals surface area contributed by atoms with Gasteiger partial charge in [-0.25, -0.2) is 0 Å². The first-order chi connectivity index (χ1) is 9.97. The maximum atomic E-state index is 10.7. The van der Waals surface area contributed by atoms with Gasteiger partial charge in [-0.15, -0.1) is 0 Å². The Morgan fingerprint density at radius 3 is 1.81 bits per heavy atom. The van der Waals surface area contributed by atoms with Gasteiger partial charge >= 0.3 is 0 Å². The summed E-state index contributed by atoms with van der Waals surface area (Å²) in [6, 6.07) is 14.6. The molecule has 1 N–H and O–H groups in total. The first kappa shape index (κ1) is 15.5. The van der Waals surface area contributed by atoms with E-state index in [2.05, 4.69) is 12.2 Å². The molecule has 5 heteroatoms. The molecule has 0 spiro atoms. The maximum absolute atomic E-state index is 10.7. The lowest BCUT2D eigenvalue weighted by Gasteiger charge is -2.20. The summed E-state index contributed by atoms with van der Waals surface area (Å²) < 4.78 is 0.